The smallest absolute Gasteiger partial charge is 0.245 e. The lowest BCUT2D eigenvalue weighted by molar-refractivity contribution is -0.136. The van der Waals surface area contributed by atoms with Crippen LogP contribution in [0.15, 0.2) is 77.7 Å². The summed E-state index contributed by atoms with van der Waals surface area (Å²) in [6.07, 6.45) is 4.00. The molecule has 2 N–H and O–H groups in total. The summed E-state index contributed by atoms with van der Waals surface area (Å²) in [6.45, 7) is 9.20. The molecular weight excluding hydrogens is 733 g/mol. The average Bonchev–Trinajstić information content (AvgIpc) is 3.66. The first-order valence-corrected chi connectivity index (χ1v) is 20.6. The number of methoxy groups -OCH3 is 1. The summed E-state index contributed by atoms with van der Waals surface area (Å²) < 4.78 is 47.3. The molecule has 0 spiro atoms. The molecule has 12 nitrogen and oxygen atoms in total. The van der Waals surface area contributed by atoms with E-state index in [0.29, 0.717) is 52.0 Å². The lowest BCUT2D eigenvalue weighted by atomic mass is 9.96. The largest absolute Gasteiger partial charge is 0.497 e. The first-order valence-electron chi connectivity index (χ1n) is 19.1. The number of aldehydes is 1. The van der Waals surface area contributed by atoms with Crippen LogP contribution in [-0.4, -0.2) is 81.4 Å². The topological polar surface area (TPSA) is 144 Å². The van der Waals surface area contributed by atoms with Gasteiger partial charge in [0, 0.05) is 50.1 Å². The summed E-state index contributed by atoms with van der Waals surface area (Å²) in [4.78, 5) is 44.2. The van der Waals surface area contributed by atoms with Gasteiger partial charge in [0.15, 0.2) is 17.8 Å². The maximum atomic E-state index is 14.2. The number of nitrogens with one attached hydrogen (secondary N) is 2. The number of carbonyl (C=O) groups is 3. The number of amides is 2. The Kier molecular flexibility index (Phi) is 12.7. The van der Waals surface area contributed by atoms with Crippen molar-refractivity contribution < 1.29 is 37.0 Å². The second-order valence-corrected chi connectivity index (χ2v) is 16.8. The van der Waals surface area contributed by atoms with Gasteiger partial charge in [0.05, 0.1) is 18.0 Å². The monoisotopic (exact) mass is 784 g/mol. The lowest BCUT2D eigenvalue weighted by Crippen LogP contribution is -2.50. The summed E-state index contributed by atoms with van der Waals surface area (Å²) >= 11 is 0. The third kappa shape index (κ3) is 9.17. The number of carbonyl (C=O) groups excluding carboxylic acids is 3. The van der Waals surface area contributed by atoms with Crippen LogP contribution in [0, 0.1) is 0 Å². The van der Waals surface area contributed by atoms with Crippen LogP contribution in [0.5, 0.6) is 17.2 Å². The molecule has 4 atom stereocenters. The maximum Gasteiger partial charge on any atom is 0.245 e. The van der Waals surface area contributed by atoms with Crippen LogP contribution in [-0.2, 0) is 32.6 Å². The Bertz CT molecular complexity index is 2160. The van der Waals surface area contributed by atoms with Gasteiger partial charge in [-0.05, 0) is 104 Å². The molecule has 1 saturated heterocycles. The number of piperidine rings is 1. The van der Waals surface area contributed by atoms with Gasteiger partial charge in [0.25, 0.3) is 0 Å². The normalized spacial score (nSPS) is 18.1. The molecule has 13 heteroatoms. The zero-order chi connectivity index (χ0) is 40.1. The first kappa shape index (κ1) is 40.7. The van der Waals surface area contributed by atoms with E-state index < -0.39 is 28.0 Å². The molecule has 0 bridgehead atoms. The number of ether oxygens (including phenoxy) is 3. The van der Waals surface area contributed by atoms with Crippen molar-refractivity contribution >= 4 is 38.9 Å². The molecule has 298 valence electrons. The van der Waals surface area contributed by atoms with Gasteiger partial charge in [-0.3, -0.25) is 19.3 Å². The number of benzene rings is 4. The third-order valence-corrected chi connectivity index (χ3v) is 12.6. The Morgan fingerprint density at radius 3 is 2.32 bits per heavy atom. The summed E-state index contributed by atoms with van der Waals surface area (Å²) in [5.74, 6) is 0.636. The molecule has 0 saturated carbocycles. The number of hydrogen-bond donors (Lipinski definition) is 2. The highest BCUT2D eigenvalue weighted by atomic mass is 32.2. The predicted octanol–water partition coefficient (Wildman–Crippen LogP) is 6.16. The summed E-state index contributed by atoms with van der Waals surface area (Å²) in [5, 5.41) is 3.99. The molecule has 2 aliphatic heterocycles. The van der Waals surface area contributed by atoms with E-state index >= 15 is 0 Å². The summed E-state index contributed by atoms with van der Waals surface area (Å²) in [7, 11) is -1.18. The highest BCUT2D eigenvalue weighted by Gasteiger charge is 2.31. The minimum absolute atomic E-state index is 0.00484. The molecule has 4 unspecified atom stereocenters. The van der Waals surface area contributed by atoms with E-state index in [2.05, 4.69) is 40.9 Å². The van der Waals surface area contributed by atoms with Crippen molar-refractivity contribution in [3.63, 3.8) is 0 Å². The van der Waals surface area contributed by atoms with Crippen LogP contribution in [0.25, 0.3) is 10.8 Å². The molecule has 56 heavy (non-hydrogen) atoms. The Morgan fingerprint density at radius 2 is 1.64 bits per heavy atom. The van der Waals surface area contributed by atoms with Crippen LogP contribution >= 0.6 is 0 Å². The molecule has 2 heterocycles. The highest BCUT2D eigenvalue weighted by Crippen LogP contribution is 2.36. The second kappa shape index (κ2) is 17.4. The maximum absolute atomic E-state index is 14.2. The van der Waals surface area contributed by atoms with Gasteiger partial charge in [-0.15, -0.1) is 0 Å². The SMILES string of the molecule is COc1ccc2c(C=O)c(S(=O)(=O)NC(CC(=O)NC(Cc3ccc(CN4C(C)CCCC4C)cc3)C(=O)N(C)C(C)C)c3ccc4c(c3)OCO4)ccc2c1. The quantitative estimate of drug-likeness (QED) is 0.136. The molecule has 4 aromatic rings. The Balaban J connectivity index is 1.26. The zero-order valence-corrected chi connectivity index (χ0v) is 33.7. The molecule has 0 aliphatic carbocycles. The van der Waals surface area contributed by atoms with Crippen LogP contribution in [0.4, 0.5) is 0 Å². The number of hydrogen-bond acceptors (Lipinski definition) is 9. The van der Waals surface area contributed by atoms with Gasteiger partial charge >= 0.3 is 0 Å². The van der Waals surface area contributed by atoms with E-state index in [1.165, 1.54) is 38.0 Å². The number of rotatable bonds is 15. The molecule has 0 radical (unpaired) electrons. The highest BCUT2D eigenvalue weighted by molar-refractivity contribution is 7.89. The van der Waals surface area contributed by atoms with Gasteiger partial charge in [-0.25, -0.2) is 13.1 Å². The zero-order valence-electron chi connectivity index (χ0n) is 32.9. The predicted molar refractivity (Wildman–Crippen MR) is 214 cm³/mol. The van der Waals surface area contributed by atoms with Crippen molar-refractivity contribution in [2.24, 2.45) is 0 Å². The Hall–Kier alpha value is -4.98. The van der Waals surface area contributed by atoms with E-state index in [4.69, 9.17) is 14.2 Å². The van der Waals surface area contributed by atoms with Gasteiger partial charge in [0.2, 0.25) is 28.6 Å². The van der Waals surface area contributed by atoms with E-state index in [0.717, 1.165) is 12.1 Å². The Morgan fingerprint density at radius 1 is 0.946 bits per heavy atom. The molecule has 4 aromatic carbocycles. The lowest BCUT2D eigenvalue weighted by Gasteiger charge is -2.39. The van der Waals surface area contributed by atoms with Crippen molar-refractivity contribution in [3.8, 4) is 17.2 Å². The fourth-order valence-corrected chi connectivity index (χ4v) is 8.97. The number of nitrogens with zero attached hydrogens (tertiary/aromatic N) is 2. The van der Waals surface area contributed by atoms with Crippen LogP contribution in [0.1, 0.15) is 86.5 Å². The van der Waals surface area contributed by atoms with Crippen molar-refractivity contribution in [3.05, 3.63) is 95.1 Å². The van der Waals surface area contributed by atoms with Crippen LogP contribution in [0.3, 0.4) is 0 Å². The van der Waals surface area contributed by atoms with Crippen LogP contribution < -0.4 is 24.2 Å². The fourth-order valence-electron chi connectivity index (χ4n) is 7.56. The molecule has 6 rings (SSSR count). The third-order valence-electron chi connectivity index (χ3n) is 11.1. The summed E-state index contributed by atoms with van der Waals surface area (Å²) in [5.41, 5.74) is 2.47. The number of fused-ring (bicyclic) bond motifs is 2. The number of likely N-dealkylation sites (N-methyl/N-ethyl adjacent to an activating group) is 1. The molecule has 0 aromatic heterocycles. The van der Waals surface area contributed by atoms with Gasteiger partial charge < -0.3 is 24.4 Å². The number of sulfonamides is 1. The van der Waals surface area contributed by atoms with Crippen molar-refractivity contribution in [1.29, 1.82) is 0 Å². The molecular formula is C43H52N4O8S. The minimum Gasteiger partial charge on any atom is -0.497 e. The van der Waals surface area contributed by atoms with Crippen molar-refractivity contribution in [1.82, 2.24) is 19.8 Å². The Labute approximate surface area is 329 Å². The summed E-state index contributed by atoms with van der Waals surface area (Å²) in [6, 6.07) is 19.9. The minimum atomic E-state index is -4.40. The van der Waals surface area contributed by atoms with Gasteiger partial charge in [-0.2, -0.15) is 0 Å². The van der Waals surface area contributed by atoms with Crippen LogP contribution in [0.2, 0.25) is 0 Å². The fraction of sp³-hybridized carbons (Fsp3) is 0.419. The molecule has 1 fully saturated rings. The average molecular weight is 785 g/mol. The first-order chi connectivity index (χ1) is 26.8. The van der Waals surface area contributed by atoms with Gasteiger partial charge in [0.1, 0.15) is 11.8 Å². The van der Waals surface area contributed by atoms with Gasteiger partial charge in [-0.1, -0.05) is 42.8 Å². The van der Waals surface area contributed by atoms with E-state index in [1.807, 2.05) is 26.0 Å². The molecule has 2 amide bonds. The van der Waals surface area contributed by atoms with Crippen molar-refractivity contribution in [2.75, 3.05) is 21.0 Å². The van der Waals surface area contributed by atoms with E-state index in [1.54, 1.807) is 54.4 Å². The van der Waals surface area contributed by atoms with E-state index in [9.17, 15) is 22.8 Å². The van der Waals surface area contributed by atoms with E-state index in [-0.39, 0.29) is 42.0 Å². The number of likely N-dealkylation sites (tertiary alicyclic amines) is 1. The second-order valence-electron chi connectivity index (χ2n) is 15.2. The standard InChI is InChI=1S/C43H52N4O8S/c1-27(2)46(5)43(50)38(20-30-10-12-31(13-11-30)24-47-28(3)8-7-9-29(47)4)44-42(49)23-37(33-14-18-39-40(22-33)55-26-54-39)45-56(51,52)41-19-15-32-21-34(53-6)16-17-35(32)36(41)25-48/h10-19,21-22,25,27-29,37-38,45H,7-9,20,23-24,26H2,1-6H3,(H,44,49). The molecule has 2 aliphatic rings. The van der Waals surface area contributed by atoms with Crippen molar-refractivity contribution in [2.45, 2.75) is 101 Å².